The molecule has 114 valence electrons. The van der Waals surface area contributed by atoms with Crippen LogP contribution in [0.3, 0.4) is 0 Å². The molecule has 1 atom stereocenters. The van der Waals surface area contributed by atoms with Gasteiger partial charge in [0.25, 0.3) is 0 Å². The Kier molecular flexibility index (Phi) is 3.68. The van der Waals surface area contributed by atoms with Crippen molar-refractivity contribution in [3.05, 3.63) is 75.4 Å². The molecule has 0 spiro atoms. The Hall–Kier alpha value is -1.75. The molecule has 0 bridgehead atoms. The van der Waals surface area contributed by atoms with E-state index in [1.807, 2.05) is 30.3 Å². The molecule has 0 radical (unpaired) electrons. The maximum absolute atomic E-state index is 12.6. The van der Waals surface area contributed by atoms with Crippen molar-refractivity contribution in [2.75, 3.05) is 0 Å². The van der Waals surface area contributed by atoms with E-state index in [9.17, 15) is 4.79 Å². The van der Waals surface area contributed by atoms with Crippen LogP contribution in [0.5, 0.6) is 5.75 Å². The van der Waals surface area contributed by atoms with Crippen molar-refractivity contribution in [3.63, 3.8) is 0 Å². The predicted octanol–water partition coefficient (Wildman–Crippen LogP) is 4.97. The third kappa shape index (κ3) is 2.57. The van der Waals surface area contributed by atoms with E-state index in [2.05, 4.69) is 4.99 Å². The van der Waals surface area contributed by atoms with Crippen molar-refractivity contribution in [2.24, 2.45) is 4.99 Å². The minimum absolute atomic E-state index is 0.127. The lowest BCUT2D eigenvalue weighted by Crippen LogP contribution is -2.30. The van der Waals surface area contributed by atoms with E-state index in [1.165, 1.54) is 11.8 Å². The zero-order valence-corrected chi connectivity index (χ0v) is 14.0. The summed E-state index contributed by atoms with van der Waals surface area (Å²) < 4.78 is 5.94. The number of rotatable bonds is 1. The van der Waals surface area contributed by atoms with Crippen LogP contribution in [0.15, 0.2) is 59.2 Å². The minimum atomic E-state index is -0.431. The Bertz CT molecular complexity index is 878. The topological polar surface area (TPSA) is 38.7 Å². The van der Waals surface area contributed by atoms with Crippen molar-refractivity contribution < 1.29 is 9.53 Å². The second-order valence-corrected chi connectivity index (χ2v) is 6.91. The number of halogens is 2. The molecule has 0 aliphatic carbocycles. The number of carbonyl (C=O) groups is 1. The Labute approximate surface area is 147 Å². The van der Waals surface area contributed by atoms with Crippen LogP contribution in [0.1, 0.15) is 15.9 Å². The number of ether oxygens (including phenoxy) is 1. The second-order valence-electron chi connectivity index (χ2n) is 5.04. The van der Waals surface area contributed by atoms with Crippen molar-refractivity contribution in [1.29, 1.82) is 0 Å². The van der Waals surface area contributed by atoms with E-state index in [1.54, 1.807) is 18.3 Å². The number of benzene rings is 2. The first-order chi connectivity index (χ1) is 11.1. The van der Waals surface area contributed by atoms with Gasteiger partial charge in [0.1, 0.15) is 10.8 Å². The van der Waals surface area contributed by atoms with E-state index >= 15 is 0 Å². The first kappa shape index (κ1) is 14.8. The Balaban J connectivity index is 1.75. The molecule has 2 heterocycles. The summed E-state index contributed by atoms with van der Waals surface area (Å²) in [5.41, 5.74) is 1.49. The largest absolute Gasteiger partial charge is 0.474 e. The number of Topliss-reactive ketones (excluding diaryl/α,β-unsaturated/α-hetero) is 1. The van der Waals surface area contributed by atoms with E-state index in [0.717, 1.165) is 10.6 Å². The fourth-order valence-electron chi connectivity index (χ4n) is 2.44. The van der Waals surface area contributed by atoms with Crippen LogP contribution in [0.4, 0.5) is 0 Å². The molecule has 0 saturated carbocycles. The molecule has 6 heteroatoms. The van der Waals surface area contributed by atoms with Crippen molar-refractivity contribution >= 4 is 45.8 Å². The van der Waals surface area contributed by atoms with Gasteiger partial charge in [-0.1, -0.05) is 65.3 Å². The molecule has 4 rings (SSSR count). The van der Waals surface area contributed by atoms with Crippen molar-refractivity contribution in [3.8, 4) is 5.75 Å². The summed E-state index contributed by atoms with van der Waals surface area (Å²) >= 11 is 13.4. The average Bonchev–Trinajstić information content (AvgIpc) is 2.57. The lowest BCUT2D eigenvalue weighted by molar-refractivity contribution is 0.0991. The molecule has 2 aliphatic rings. The number of hydrogen-bond acceptors (Lipinski definition) is 4. The number of carbonyl (C=O) groups excluding carboxylic acids is 1. The van der Waals surface area contributed by atoms with Gasteiger partial charge in [-0.15, -0.1) is 0 Å². The molecule has 0 saturated heterocycles. The molecular formula is C17H9Cl2NO2S. The van der Waals surface area contributed by atoms with Crippen molar-refractivity contribution in [1.82, 2.24) is 0 Å². The van der Waals surface area contributed by atoms with Crippen LogP contribution < -0.4 is 4.74 Å². The maximum Gasteiger partial charge on any atom is 0.198 e. The summed E-state index contributed by atoms with van der Waals surface area (Å²) in [7, 11) is 0. The summed E-state index contributed by atoms with van der Waals surface area (Å²) in [4.78, 5) is 17.0. The molecule has 0 amide bonds. The Morgan fingerprint density at radius 2 is 1.83 bits per heavy atom. The molecule has 3 nitrogen and oxygen atoms in total. The molecule has 23 heavy (non-hydrogen) atoms. The van der Waals surface area contributed by atoms with Crippen molar-refractivity contribution in [2.45, 2.75) is 5.44 Å². The fourth-order valence-corrected chi connectivity index (χ4v) is 3.79. The molecule has 1 unspecified atom stereocenters. The number of hydrogen-bond donors (Lipinski definition) is 0. The SMILES string of the molecule is O=C1C2=CN=C(c3ccccc3)SC2Oc2cc(Cl)c(Cl)cc21. The molecule has 0 N–H and O–H groups in total. The van der Waals surface area contributed by atoms with Crippen LogP contribution in [-0.2, 0) is 0 Å². The third-order valence-corrected chi connectivity index (χ3v) is 5.43. The molecule has 0 fully saturated rings. The van der Waals surface area contributed by atoms with Gasteiger partial charge in [0.2, 0.25) is 0 Å². The average molecular weight is 362 g/mol. The smallest absolute Gasteiger partial charge is 0.198 e. The van der Waals surface area contributed by atoms with Gasteiger partial charge in [-0.05, 0) is 6.07 Å². The van der Waals surface area contributed by atoms with Gasteiger partial charge in [0.15, 0.2) is 11.2 Å². The van der Waals surface area contributed by atoms with Crippen LogP contribution in [-0.4, -0.2) is 16.3 Å². The van der Waals surface area contributed by atoms with Gasteiger partial charge in [0.05, 0.1) is 21.2 Å². The summed E-state index contributed by atoms with van der Waals surface area (Å²) in [5, 5.41) is 1.51. The van der Waals surface area contributed by atoms with Gasteiger partial charge in [-0.25, -0.2) is 4.99 Å². The first-order valence-corrected chi connectivity index (χ1v) is 8.47. The summed E-state index contributed by atoms with van der Waals surface area (Å²) in [6.07, 6.45) is 1.58. The fraction of sp³-hybridized carbons (Fsp3) is 0.0588. The highest BCUT2D eigenvalue weighted by Gasteiger charge is 2.36. The molecule has 2 aliphatic heterocycles. The van der Waals surface area contributed by atoms with E-state index in [0.29, 0.717) is 26.9 Å². The number of ketones is 1. The van der Waals surface area contributed by atoms with Crippen LogP contribution in [0, 0.1) is 0 Å². The zero-order valence-electron chi connectivity index (χ0n) is 11.6. The summed E-state index contributed by atoms with van der Waals surface area (Å²) in [6.45, 7) is 0. The minimum Gasteiger partial charge on any atom is -0.474 e. The summed E-state index contributed by atoms with van der Waals surface area (Å²) in [6, 6.07) is 12.9. The Morgan fingerprint density at radius 3 is 2.61 bits per heavy atom. The van der Waals surface area contributed by atoms with E-state index in [4.69, 9.17) is 27.9 Å². The van der Waals surface area contributed by atoms with Gasteiger partial charge >= 0.3 is 0 Å². The lowest BCUT2D eigenvalue weighted by atomic mass is 10.0. The number of aliphatic imine (C=N–C) groups is 1. The molecule has 2 aromatic rings. The van der Waals surface area contributed by atoms with Gasteiger partial charge in [-0.3, -0.25) is 4.79 Å². The van der Waals surface area contributed by atoms with Gasteiger partial charge in [-0.2, -0.15) is 0 Å². The van der Waals surface area contributed by atoms with E-state index < -0.39 is 5.44 Å². The summed E-state index contributed by atoms with van der Waals surface area (Å²) in [5.74, 6) is 0.326. The highest BCUT2D eigenvalue weighted by Crippen LogP contribution is 2.41. The number of nitrogens with zero attached hydrogens (tertiary/aromatic N) is 1. The first-order valence-electron chi connectivity index (χ1n) is 6.84. The van der Waals surface area contributed by atoms with E-state index in [-0.39, 0.29) is 5.78 Å². The monoisotopic (exact) mass is 361 g/mol. The van der Waals surface area contributed by atoms with Crippen LogP contribution in [0.2, 0.25) is 10.0 Å². The third-order valence-electron chi connectivity index (χ3n) is 3.58. The quantitative estimate of drug-likeness (QED) is 0.719. The normalized spacial score (nSPS) is 19.2. The second kappa shape index (κ2) is 5.71. The molecule has 0 aromatic heterocycles. The Morgan fingerprint density at radius 1 is 1.09 bits per heavy atom. The van der Waals surface area contributed by atoms with Crippen LogP contribution >= 0.6 is 35.0 Å². The zero-order chi connectivity index (χ0) is 16.0. The number of fused-ring (bicyclic) bond motifs is 2. The highest BCUT2D eigenvalue weighted by atomic mass is 35.5. The van der Waals surface area contributed by atoms with Gasteiger partial charge < -0.3 is 4.74 Å². The predicted molar refractivity (Wildman–Crippen MR) is 93.9 cm³/mol. The number of thioether (sulfide) groups is 1. The van der Waals surface area contributed by atoms with Crippen LogP contribution in [0.25, 0.3) is 0 Å². The molecule has 2 aromatic carbocycles. The highest BCUT2D eigenvalue weighted by molar-refractivity contribution is 8.15. The lowest BCUT2D eigenvalue weighted by Gasteiger charge is -2.29. The molecular weight excluding hydrogens is 353 g/mol. The maximum atomic E-state index is 12.6. The van der Waals surface area contributed by atoms with Gasteiger partial charge in [0, 0.05) is 17.8 Å². The standard InChI is InChI=1S/C17H9Cl2NO2S/c18-12-6-10-14(7-13(12)19)22-17-11(15(10)21)8-20-16(23-17)9-4-2-1-3-5-9/h1-8,17H.